The Bertz CT molecular complexity index is 289. The standard InChI is InChI=1S/C11H17NO3/c1-9(2)15-11-6-10(4-5-12-11)7-14-8-13-3/h4-6,9H,7-8H2,1-3H3. The van der Waals surface area contributed by atoms with E-state index in [1.807, 2.05) is 26.0 Å². The highest BCUT2D eigenvalue weighted by molar-refractivity contribution is 5.19. The number of methoxy groups -OCH3 is 1. The summed E-state index contributed by atoms with van der Waals surface area (Å²) in [5.74, 6) is 0.628. The fourth-order valence-corrected chi connectivity index (χ4v) is 1.09. The molecule has 0 bridgehead atoms. The van der Waals surface area contributed by atoms with Gasteiger partial charge in [0.15, 0.2) is 0 Å². The van der Waals surface area contributed by atoms with Crippen molar-refractivity contribution in [3.63, 3.8) is 0 Å². The van der Waals surface area contributed by atoms with E-state index < -0.39 is 0 Å². The van der Waals surface area contributed by atoms with E-state index in [4.69, 9.17) is 14.2 Å². The quantitative estimate of drug-likeness (QED) is 0.533. The van der Waals surface area contributed by atoms with Crippen LogP contribution in [0.3, 0.4) is 0 Å². The minimum Gasteiger partial charge on any atom is -0.475 e. The number of hydrogen-bond acceptors (Lipinski definition) is 4. The smallest absolute Gasteiger partial charge is 0.213 e. The predicted molar refractivity (Wildman–Crippen MR) is 56.7 cm³/mol. The predicted octanol–water partition coefficient (Wildman–Crippen LogP) is 1.99. The van der Waals surface area contributed by atoms with E-state index in [-0.39, 0.29) is 6.10 Å². The first-order valence-electron chi connectivity index (χ1n) is 4.90. The Balaban J connectivity index is 2.50. The fraction of sp³-hybridized carbons (Fsp3) is 0.545. The van der Waals surface area contributed by atoms with Crippen LogP contribution in [0.15, 0.2) is 18.3 Å². The number of rotatable bonds is 6. The Morgan fingerprint density at radius 3 is 2.87 bits per heavy atom. The third-order valence-corrected chi connectivity index (χ3v) is 1.63. The maximum Gasteiger partial charge on any atom is 0.213 e. The van der Waals surface area contributed by atoms with Crippen molar-refractivity contribution in [1.29, 1.82) is 0 Å². The van der Waals surface area contributed by atoms with Crippen LogP contribution in [-0.2, 0) is 16.1 Å². The molecule has 0 unspecified atom stereocenters. The Kier molecular flexibility index (Phi) is 5.07. The van der Waals surface area contributed by atoms with E-state index in [2.05, 4.69) is 4.98 Å². The van der Waals surface area contributed by atoms with Crippen molar-refractivity contribution in [2.75, 3.05) is 13.9 Å². The molecule has 0 fully saturated rings. The van der Waals surface area contributed by atoms with Crippen LogP contribution >= 0.6 is 0 Å². The van der Waals surface area contributed by atoms with Gasteiger partial charge in [-0.2, -0.15) is 0 Å². The lowest BCUT2D eigenvalue weighted by Gasteiger charge is -2.09. The second-order valence-electron chi connectivity index (χ2n) is 3.42. The Morgan fingerprint density at radius 1 is 1.40 bits per heavy atom. The lowest BCUT2D eigenvalue weighted by molar-refractivity contribution is -0.0391. The van der Waals surface area contributed by atoms with Crippen molar-refractivity contribution in [2.45, 2.75) is 26.6 Å². The molecule has 15 heavy (non-hydrogen) atoms. The van der Waals surface area contributed by atoms with Crippen LogP contribution in [0.5, 0.6) is 5.88 Å². The summed E-state index contributed by atoms with van der Waals surface area (Å²) in [7, 11) is 1.60. The number of ether oxygens (including phenoxy) is 3. The molecule has 4 nitrogen and oxygen atoms in total. The molecule has 0 saturated heterocycles. The van der Waals surface area contributed by atoms with Gasteiger partial charge in [0.1, 0.15) is 6.79 Å². The summed E-state index contributed by atoms with van der Waals surface area (Å²) in [6.07, 6.45) is 1.84. The van der Waals surface area contributed by atoms with E-state index in [0.29, 0.717) is 19.3 Å². The summed E-state index contributed by atoms with van der Waals surface area (Å²) in [5, 5.41) is 0. The molecule has 1 aromatic rings. The minimum absolute atomic E-state index is 0.132. The van der Waals surface area contributed by atoms with Crippen LogP contribution in [0, 0.1) is 0 Å². The number of aromatic nitrogens is 1. The lowest BCUT2D eigenvalue weighted by Crippen LogP contribution is -2.07. The van der Waals surface area contributed by atoms with Crippen LogP contribution in [0.4, 0.5) is 0 Å². The SMILES string of the molecule is COCOCc1ccnc(OC(C)C)c1. The zero-order chi connectivity index (χ0) is 11.1. The third kappa shape index (κ3) is 4.76. The van der Waals surface area contributed by atoms with Gasteiger partial charge in [0.05, 0.1) is 12.7 Å². The molecule has 4 heteroatoms. The average molecular weight is 211 g/mol. The summed E-state index contributed by atoms with van der Waals surface area (Å²) in [6.45, 7) is 4.74. The highest BCUT2D eigenvalue weighted by atomic mass is 16.7. The Morgan fingerprint density at radius 2 is 2.20 bits per heavy atom. The van der Waals surface area contributed by atoms with Gasteiger partial charge in [-0.05, 0) is 25.5 Å². The van der Waals surface area contributed by atoms with Gasteiger partial charge in [0, 0.05) is 19.4 Å². The summed E-state index contributed by atoms with van der Waals surface area (Å²) in [5.41, 5.74) is 1.03. The van der Waals surface area contributed by atoms with Crippen LogP contribution in [0.25, 0.3) is 0 Å². The second kappa shape index (κ2) is 6.37. The van der Waals surface area contributed by atoms with Gasteiger partial charge in [-0.25, -0.2) is 4.98 Å². The van der Waals surface area contributed by atoms with Gasteiger partial charge < -0.3 is 14.2 Å². The number of pyridine rings is 1. The molecule has 1 aromatic heterocycles. The lowest BCUT2D eigenvalue weighted by atomic mass is 10.3. The van der Waals surface area contributed by atoms with Gasteiger partial charge in [-0.15, -0.1) is 0 Å². The number of hydrogen-bond donors (Lipinski definition) is 0. The summed E-state index contributed by atoms with van der Waals surface area (Å²) >= 11 is 0. The molecule has 84 valence electrons. The van der Waals surface area contributed by atoms with Crippen molar-refractivity contribution in [3.05, 3.63) is 23.9 Å². The molecule has 0 aliphatic carbocycles. The van der Waals surface area contributed by atoms with Crippen molar-refractivity contribution < 1.29 is 14.2 Å². The van der Waals surface area contributed by atoms with E-state index in [9.17, 15) is 0 Å². The molecular weight excluding hydrogens is 194 g/mol. The van der Waals surface area contributed by atoms with E-state index in [0.717, 1.165) is 5.56 Å². The van der Waals surface area contributed by atoms with Crippen molar-refractivity contribution in [1.82, 2.24) is 4.98 Å². The highest BCUT2D eigenvalue weighted by Crippen LogP contribution is 2.11. The summed E-state index contributed by atoms with van der Waals surface area (Å²) in [4.78, 5) is 4.10. The molecule has 0 amide bonds. The van der Waals surface area contributed by atoms with E-state index in [1.165, 1.54) is 0 Å². The first-order chi connectivity index (χ1) is 7.22. The molecule has 0 aromatic carbocycles. The third-order valence-electron chi connectivity index (χ3n) is 1.63. The van der Waals surface area contributed by atoms with E-state index >= 15 is 0 Å². The van der Waals surface area contributed by atoms with E-state index in [1.54, 1.807) is 13.3 Å². The number of nitrogens with zero attached hydrogens (tertiary/aromatic N) is 1. The Hall–Kier alpha value is -1.13. The van der Waals surface area contributed by atoms with Crippen molar-refractivity contribution in [3.8, 4) is 5.88 Å². The Labute approximate surface area is 90.2 Å². The minimum atomic E-state index is 0.132. The largest absolute Gasteiger partial charge is 0.475 e. The molecule has 0 atom stereocenters. The molecule has 0 aliphatic heterocycles. The van der Waals surface area contributed by atoms with Gasteiger partial charge >= 0.3 is 0 Å². The topological polar surface area (TPSA) is 40.6 Å². The molecule has 0 radical (unpaired) electrons. The molecule has 0 N–H and O–H groups in total. The normalized spacial score (nSPS) is 10.7. The zero-order valence-electron chi connectivity index (χ0n) is 9.40. The first-order valence-corrected chi connectivity index (χ1v) is 4.90. The molecule has 1 rings (SSSR count). The molecule has 0 saturated carbocycles. The van der Waals surface area contributed by atoms with Crippen LogP contribution in [0.2, 0.25) is 0 Å². The zero-order valence-corrected chi connectivity index (χ0v) is 9.40. The molecule has 0 spiro atoms. The molecule has 1 heterocycles. The van der Waals surface area contributed by atoms with Crippen molar-refractivity contribution in [2.24, 2.45) is 0 Å². The average Bonchev–Trinajstić information content (AvgIpc) is 2.18. The van der Waals surface area contributed by atoms with Gasteiger partial charge in [0.2, 0.25) is 5.88 Å². The summed E-state index contributed by atoms with van der Waals surface area (Å²) in [6, 6.07) is 3.76. The summed E-state index contributed by atoms with van der Waals surface area (Å²) < 4.78 is 15.5. The maximum absolute atomic E-state index is 5.46. The van der Waals surface area contributed by atoms with Gasteiger partial charge in [0.25, 0.3) is 0 Å². The van der Waals surface area contributed by atoms with Gasteiger partial charge in [-0.1, -0.05) is 0 Å². The van der Waals surface area contributed by atoms with Crippen LogP contribution in [-0.4, -0.2) is 25.0 Å². The van der Waals surface area contributed by atoms with Crippen LogP contribution < -0.4 is 4.74 Å². The monoisotopic (exact) mass is 211 g/mol. The van der Waals surface area contributed by atoms with Gasteiger partial charge in [-0.3, -0.25) is 0 Å². The van der Waals surface area contributed by atoms with Crippen molar-refractivity contribution >= 4 is 0 Å². The fourth-order valence-electron chi connectivity index (χ4n) is 1.09. The molecular formula is C11H17NO3. The highest BCUT2D eigenvalue weighted by Gasteiger charge is 2.00. The maximum atomic E-state index is 5.46. The first kappa shape index (κ1) is 11.9. The molecule has 0 aliphatic rings. The van der Waals surface area contributed by atoms with Crippen LogP contribution in [0.1, 0.15) is 19.4 Å². The second-order valence-corrected chi connectivity index (χ2v) is 3.42.